The summed E-state index contributed by atoms with van der Waals surface area (Å²) in [6.45, 7) is 11.9. The van der Waals surface area contributed by atoms with E-state index in [1.807, 2.05) is 19.9 Å². The first-order chi connectivity index (χ1) is 17.2. The summed E-state index contributed by atoms with van der Waals surface area (Å²) in [4.78, 5) is 64.2. The molecule has 1 rings (SSSR count). The number of ether oxygens (including phenoxy) is 2. The molecule has 0 bridgehead atoms. The predicted molar refractivity (Wildman–Crippen MR) is 137 cm³/mol. The number of amides is 4. The average molecular weight is 519 g/mol. The van der Waals surface area contributed by atoms with Crippen LogP contribution in [0.2, 0.25) is 0 Å². The number of hydrogen-bond donors (Lipinski definition) is 3. The highest BCUT2D eigenvalue weighted by Crippen LogP contribution is 2.27. The molecule has 37 heavy (non-hydrogen) atoms. The molecular formula is C26H38N4O7. The molecular weight excluding hydrogens is 480 g/mol. The third kappa shape index (κ3) is 9.94. The molecule has 0 aliphatic heterocycles. The molecule has 204 valence electrons. The van der Waals surface area contributed by atoms with Crippen molar-refractivity contribution in [2.45, 2.75) is 65.1 Å². The van der Waals surface area contributed by atoms with Gasteiger partial charge >= 0.3 is 12.1 Å². The number of rotatable bonds is 12. The van der Waals surface area contributed by atoms with Crippen LogP contribution in [0.4, 0.5) is 4.79 Å². The second kappa shape index (κ2) is 14.0. The van der Waals surface area contributed by atoms with Crippen LogP contribution in [0.1, 0.15) is 56.3 Å². The summed E-state index contributed by atoms with van der Waals surface area (Å²) < 4.78 is 9.89. The topological polar surface area (TPSA) is 157 Å². The molecule has 0 aliphatic rings. The van der Waals surface area contributed by atoms with Crippen molar-refractivity contribution >= 4 is 29.8 Å². The van der Waals surface area contributed by atoms with Crippen molar-refractivity contribution in [3.05, 3.63) is 47.5 Å². The van der Waals surface area contributed by atoms with Gasteiger partial charge < -0.3 is 30.7 Å². The summed E-state index contributed by atoms with van der Waals surface area (Å²) in [5.41, 5.74) is 6.62. The fourth-order valence-corrected chi connectivity index (χ4v) is 3.50. The van der Waals surface area contributed by atoms with Crippen LogP contribution in [-0.4, -0.2) is 66.5 Å². The average Bonchev–Trinajstić information content (AvgIpc) is 2.80. The zero-order valence-corrected chi connectivity index (χ0v) is 22.4. The fraction of sp³-hybridized carbons (Fsp3) is 0.500. The van der Waals surface area contributed by atoms with E-state index in [1.54, 1.807) is 32.9 Å². The molecule has 0 heterocycles. The Morgan fingerprint density at radius 1 is 1.16 bits per heavy atom. The third-order valence-corrected chi connectivity index (χ3v) is 5.41. The Balaban J connectivity index is 3.52. The lowest BCUT2D eigenvalue weighted by atomic mass is 9.94. The van der Waals surface area contributed by atoms with Crippen molar-refractivity contribution < 1.29 is 33.4 Å². The Labute approximate surface area is 217 Å². The lowest BCUT2D eigenvalue weighted by Crippen LogP contribution is -2.53. The Hall–Kier alpha value is -3.89. The Kier molecular flexibility index (Phi) is 11.8. The van der Waals surface area contributed by atoms with E-state index in [2.05, 4.69) is 21.9 Å². The van der Waals surface area contributed by atoms with E-state index in [1.165, 1.54) is 18.1 Å². The maximum Gasteiger partial charge on any atom is 0.408 e. The van der Waals surface area contributed by atoms with Crippen LogP contribution in [0.15, 0.2) is 30.9 Å². The molecule has 0 aromatic heterocycles. The molecule has 1 aromatic rings. The molecule has 0 radical (unpaired) electrons. The standard InChI is InChI=1S/C26H38N4O7/c1-8-14-30(24(34)19(12-13-20(27)31)29-25(35)37-26(4,5)6)22(23(33)28-15-21(32)36-7)18-11-9-10-16(2)17(18)3/h8-11,19,22H,1,12-15H2,2-7H3,(H2,27,31)(H,28,33)(H,29,35). The van der Waals surface area contributed by atoms with Crippen molar-refractivity contribution in [2.75, 3.05) is 20.2 Å². The first-order valence-electron chi connectivity index (χ1n) is 11.8. The highest BCUT2D eigenvalue weighted by atomic mass is 16.6. The van der Waals surface area contributed by atoms with Gasteiger partial charge in [0.05, 0.1) is 7.11 Å². The first-order valence-corrected chi connectivity index (χ1v) is 11.8. The molecule has 0 fully saturated rings. The maximum absolute atomic E-state index is 13.8. The maximum atomic E-state index is 13.8. The smallest absolute Gasteiger partial charge is 0.408 e. The van der Waals surface area contributed by atoms with E-state index in [-0.39, 0.29) is 19.4 Å². The van der Waals surface area contributed by atoms with Gasteiger partial charge in [0.2, 0.25) is 17.7 Å². The zero-order chi connectivity index (χ0) is 28.3. The summed E-state index contributed by atoms with van der Waals surface area (Å²) in [7, 11) is 1.19. The minimum Gasteiger partial charge on any atom is -0.468 e. The number of alkyl carbamates (subject to hydrolysis) is 1. The highest BCUT2D eigenvalue weighted by Gasteiger charge is 2.36. The van der Waals surface area contributed by atoms with Gasteiger partial charge in [-0.1, -0.05) is 24.3 Å². The molecule has 2 unspecified atom stereocenters. The number of benzene rings is 1. The van der Waals surface area contributed by atoms with Crippen LogP contribution in [0, 0.1) is 13.8 Å². The molecule has 0 saturated carbocycles. The highest BCUT2D eigenvalue weighted by molar-refractivity contribution is 5.93. The Morgan fingerprint density at radius 2 is 1.81 bits per heavy atom. The summed E-state index contributed by atoms with van der Waals surface area (Å²) >= 11 is 0. The summed E-state index contributed by atoms with van der Waals surface area (Å²) in [6, 6.07) is 2.89. The molecule has 0 aliphatic carbocycles. The van der Waals surface area contributed by atoms with Gasteiger partial charge in [-0.25, -0.2) is 4.79 Å². The normalized spacial score (nSPS) is 12.5. The lowest BCUT2D eigenvalue weighted by Gasteiger charge is -2.34. The van der Waals surface area contributed by atoms with Crippen molar-refractivity contribution in [3.63, 3.8) is 0 Å². The summed E-state index contributed by atoms with van der Waals surface area (Å²) in [6.07, 6.45) is 0.246. The van der Waals surface area contributed by atoms with Gasteiger partial charge in [0, 0.05) is 13.0 Å². The number of primary amides is 1. The molecule has 4 amide bonds. The Bertz CT molecular complexity index is 1020. The number of esters is 1. The molecule has 11 heteroatoms. The second-order valence-corrected chi connectivity index (χ2v) is 9.47. The van der Waals surface area contributed by atoms with Crippen LogP contribution in [-0.2, 0) is 28.7 Å². The SMILES string of the molecule is C=CCN(C(=O)C(CCC(N)=O)NC(=O)OC(C)(C)C)C(C(=O)NCC(=O)OC)c1cccc(C)c1C. The van der Waals surface area contributed by atoms with Gasteiger partial charge in [0.25, 0.3) is 0 Å². The van der Waals surface area contributed by atoms with Gasteiger partial charge in [-0.2, -0.15) is 0 Å². The van der Waals surface area contributed by atoms with Crippen molar-refractivity contribution in [3.8, 4) is 0 Å². The molecule has 4 N–H and O–H groups in total. The minimum atomic E-state index is -1.23. The van der Waals surface area contributed by atoms with E-state index in [9.17, 15) is 24.0 Å². The van der Waals surface area contributed by atoms with E-state index in [0.717, 1.165) is 11.1 Å². The van der Waals surface area contributed by atoms with Crippen LogP contribution in [0.5, 0.6) is 0 Å². The van der Waals surface area contributed by atoms with Gasteiger partial charge in [-0.15, -0.1) is 6.58 Å². The molecule has 11 nitrogen and oxygen atoms in total. The summed E-state index contributed by atoms with van der Waals surface area (Å²) in [5.74, 6) is -2.63. The van der Waals surface area contributed by atoms with Crippen LogP contribution in [0.3, 0.4) is 0 Å². The first kappa shape index (κ1) is 31.1. The minimum absolute atomic E-state index is 0.0778. The molecule has 0 spiro atoms. The number of nitrogens with two attached hydrogens (primary N) is 1. The number of hydrogen-bond acceptors (Lipinski definition) is 7. The van der Waals surface area contributed by atoms with Crippen LogP contribution >= 0.6 is 0 Å². The summed E-state index contributed by atoms with van der Waals surface area (Å²) in [5, 5.41) is 5.00. The van der Waals surface area contributed by atoms with Crippen molar-refractivity contribution in [1.82, 2.24) is 15.5 Å². The van der Waals surface area contributed by atoms with Gasteiger partial charge in [-0.3, -0.25) is 19.2 Å². The number of carbonyl (C=O) groups is 5. The zero-order valence-electron chi connectivity index (χ0n) is 22.4. The van der Waals surface area contributed by atoms with Crippen LogP contribution in [0.25, 0.3) is 0 Å². The third-order valence-electron chi connectivity index (χ3n) is 5.41. The molecule has 2 atom stereocenters. The quantitative estimate of drug-likeness (QED) is 0.281. The number of aryl methyl sites for hydroxylation is 1. The van der Waals surface area contributed by atoms with Crippen LogP contribution < -0.4 is 16.4 Å². The van der Waals surface area contributed by atoms with E-state index in [4.69, 9.17) is 10.5 Å². The number of methoxy groups -OCH3 is 1. The monoisotopic (exact) mass is 518 g/mol. The number of nitrogens with one attached hydrogen (secondary N) is 2. The van der Waals surface area contributed by atoms with Gasteiger partial charge in [0.15, 0.2) is 0 Å². The number of carbonyl (C=O) groups excluding carboxylic acids is 5. The van der Waals surface area contributed by atoms with Gasteiger partial charge in [-0.05, 0) is 57.7 Å². The van der Waals surface area contributed by atoms with Crippen molar-refractivity contribution in [1.29, 1.82) is 0 Å². The van der Waals surface area contributed by atoms with E-state index in [0.29, 0.717) is 5.56 Å². The second-order valence-electron chi connectivity index (χ2n) is 9.47. The van der Waals surface area contributed by atoms with E-state index < -0.39 is 54.0 Å². The predicted octanol–water partition coefficient (Wildman–Crippen LogP) is 1.81. The molecule has 1 aromatic carbocycles. The Morgan fingerprint density at radius 3 is 2.35 bits per heavy atom. The fourth-order valence-electron chi connectivity index (χ4n) is 3.50. The molecule has 0 saturated heterocycles. The van der Waals surface area contributed by atoms with Gasteiger partial charge in [0.1, 0.15) is 24.2 Å². The number of nitrogens with zero attached hydrogens (tertiary/aromatic N) is 1. The largest absolute Gasteiger partial charge is 0.468 e. The van der Waals surface area contributed by atoms with Crippen molar-refractivity contribution in [2.24, 2.45) is 5.73 Å². The lowest BCUT2D eigenvalue weighted by molar-refractivity contribution is -0.144. The van der Waals surface area contributed by atoms with E-state index >= 15 is 0 Å².